The Balaban J connectivity index is 2.38. The molecule has 1 fully saturated rings. The van der Waals surface area contributed by atoms with Crippen molar-refractivity contribution in [2.75, 3.05) is 0 Å². The van der Waals surface area contributed by atoms with Crippen molar-refractivity contribution in [1.29, 1.82) is 0 Å². The molecule has 70 valence electrons. The van der Waals surface area contributed by atoms with Gasteiger partial charge in [-0.05, 0) is 46.0 Å². The van der Waals surface area contributed by atoms with Crippen LogP contribution in [0.25, 0.3) is 0 Å². The Kier molecular flexibility index (Phi) is 2.17. The van der Waals surface area contributed by atoms with Crippen molar-refractivity contribution < 1.29 is 0 Å². The van der Waals surface area contributed by atoms with E-state index in [2.05, 4.69) is 22.9 Å². The summed E-state index contributed by atoms with van der Waals surface area (Å²) in [6.45, 7) is 2.16. The summed E-state index contributed by atoms with van der Waals surface area (Å²) in [4.78, 5) is 0. The summed E-state index contributed by atoms with van der Waals surface area (Å²) in [7, 11) is 0. The highest BCUT2D eigenvalue weighted by Crippen LogP contribution is 2.49. The zero-order chi connectivity index (χ0) is 9.64. The Morgan fingerprint density at radius 3 is 2.69 bits per heavy atom. The maximum atomic E-state index is 6.16. The minimum absolute atomic E-state index is 0.121. The van der Waals surface area contributed by atoms with Crippen molar-refractivity contribution in [2.45, 2.75) is 18.9 Å². The van der Waals surface area contributed by atoms with Gasteiger partial charge in [0.1, 0.15) is 0 Å². The Bertz CT molecular complexity index is 353. The number of nitrogens with two attached hydrogens (primary N) is 1. The van der Waals surface area contributed by atoms with Gasteiger partial charge in [0.15, 0.2) is 0 Å². The SMILES string of the molecule is CC1CC1(N)c1ccc(Br)c(Cl)c1. The second-order valence-electron chi connectivity index (χ2n) is 3.77. The van der Waals surface area contributed by atoms with Gasteiger partial charge in [-0.1, -0.05) is 24.6 Å². The predicted molar refractivity (Wildman–Crippen MR) is 58.8 cm³/mol. The largest absolute Gasteiger partial charge is 0.321 e. The van der Waals surface area contributed by atoms with E-state index in [4.69, 9.17) is 17.3 Å². The minimum Gasteiger partial charge on any atom is -0.321 e. The van der Waals surface area contributed by atoms with Gasteiger partial charge in [0, 0.05) is 10.0 Å². The van der Waals surface area contributed by atoms with Gasteiger partial charge in [0.05, 0.1) is 5.02 Å². The van der Waals surface area contributed by atoms with Gasteiger partial charge in [-0.3, -0.25) is 0 Å². The zero-order valence-corrected chi connectivity index (χ0v) is 9.69. The van der Waals surface area contributed by atoms with Gasteiger partial charge in [-0.25, -0.2) is 0 Å². The molecule has 2 rings (SSSR count). The molecule has 0 aliphatic heterocycles. The van der Waals surface area contributed by atoms with E-state index < -0.39 is 0 Å². The van der Waals surface area contributed by atoms with Crippen molar-refractivity contribution in [3.8, 4) is 0 Å². The molecule has 0 heterocycles. The highest BCUT2D eigenvalue weighted by atomic mass is 79.9. The zero-order valence-electron chi connectivity index (χ0n) is 7.35. The summed E-state index contributed by atoms with van der Waals surface area (Å²) in [5.74, 6) is 0.574. The molecule has 1 aliphatic rings. The van der Waals surface area contributed by atoms with Gasteiger partial charge in [0.25, 0.3) is 0 Å². The maximum absolute atomic E-state index is 6.16. The number of rotatable bonds is 1. The maximum Gasteiger partial charge on any atom is 0.0551 e. The van der Waals surface area contributed by atoms with Crippen LogP contribution in [0.5, 0.6) is 0 Å². The standard InChI is InChI=1S/C10H11BrClN/c1-6-5-10(6,13)7-2-3-8(11)9(12)4-7/h2-4,6H,5,13H2,1H3. The lowest BCUT2D eigenvalue weighted by atomic mass is 10.0. The summed E-state index contributed by atoms with van der Waals surface area (Å²) in [6, 6.07) is 5.95. The van der Waals surface area contributed by atoms with E-state index in [1.54, 1.807) is 0 Å². The third-order valence-electron chi connectivity index (χ3n) is 2.82. The summed E-state index contributed by atoms with van der Waals surface area (Å²) >= 11 is 9.35. The molecule has 2 unspecified atom stereocenters. The van der Waals surface area contributed by atoms with Crippen molar-refractivity contribution in [1.82, 2.24) is 0 Å². The summed E-state index contributed by atoms with van der Waals surface area (Å²) in [6.07, 6.45) is 1.06. The van der Waals surface area contributed by atoms with Crippen LogP contribution in [0.2, 0.25) is 5.02 Å². The molecular formula is C10H11BrClN. The molecule has 1 aromatic rings. The van der Waals surface area contributed by atoms with Gasteiger partial charge >= 0.3 is 0 Å². The average molecular weight is 261 g/mol. The molecule has 0 spiro atoms. The van der Waals surface area contributed by atoms with Gasteiger partial charge in [-0.2, -0.15) is 0 Å². The van der Waals surface area contributed by atoms with E-state index in [1.807, 2.05) is 18.2 Å². The predicted octanol–water partition coefficient (Wildman–Crippen LogP) is 3.30. The first-order valence-electron chi connectivity index (χ1n) is 4.28. The van der Waals surface area contributed by atoms with E-state index >= 15 is 0 Å². The molecule has 2 N–H and O–H groups in total. The molecule has 0 radical (unpaired) electrons. The van der Waals surface area contributed by atoms with E-state index in [0.29, 0.717) is 5.92 Å². The van der Waals surface area contributed by atoms with Crippen LogP contribution in [0.1, 0.15) is 18.9 Å². The normalized spacial score (nSPS) is 31.8. The van der Waals surface area contributed by atoms with Crippen LogP contribution in [0.4, 0.5) is 0 Å². The van der Waals surface area contributed by atoms with E-state index in [1.165, 1.54) is 0 Å². The first-order chi connectivity index (χ1) is 6.04. The third kappa shape index (κ3) is 1.51. The van der Waals surface area contributed by atoms with Crippen molar-refractivity contribution in [3.63, 3.8) is 0 Å². The Morgan fingerprint density at radius 2 is 2.23 bits per heavy atom. The molecule has 0 aromatic heterocycles. The monoisotopic (exact) mass is 259 g/mol. The highest BCUT2D eigenvalue weighted by Gasteiger charge is 2.48. The summed E-state index contributed by atoms with van der Waals surface area (Å²) in [5, 5.41) is 0.737. The topological polar surface area (TPSA) is 26.0 Å². The molecule has 1 nitrogen and oxygen atoms in total. The third-order valence-corrected chi connectivity index (χ3v) is 4.05. The summed E-state index contributed by atoms with van der Waals surface area (Å²) in [5.41, 5.74) is 7.18. The van der Waals surface area contributed by atoms with Gasteiger partial charge in [0.2, 0.25) is 0 Å². The fourth-order valence-electron chi connectivity index (χ4n) is 1.64. The van der Waals surface area contributed by atoms with Crippen molar-refractivity contribution in [3.05, 3.63) is 33.3 Å². The molecule has 0 amide bonds. The fraction of sp³-hybridized carbons (Fsp3) is 0.400. The van der Waals surface area contributed by atoms with Crippen LogP contribution in [0.15, 0.2) is 22.7 Å². The molecule has 1 aliphatic carbocycles. The van der Waals surface area contributed by atoms with Crippen LogP contribution >= 0.6 is 27.5 Å². The number of benzene rings is 1. The van der Waals surface area contributed by atoms with Crippen LogP contribution in [-0.2, 0) is 5.54 Å². The highest BCUT2D eigenvalue weighted by molar-refractivity contribution is 9.10. The van der Waals surface area contributed by atoms with Crippen LogP contribution in [-0.4, -0.2) is 0 Å². The molecule has 1 saturated carbocycles. The quantitative estimate of drug-likeness (QED) is 0.824. The van der Waals surface area contributed by atoms with Crippen LogP contribution < -0.4 is 5.73 Å². The Morgan fingerprint density at radius 1 is 1.62 bits per heavy atom. The number of hydrogen-bond donors (Lipinski definition) is 1. The number of halogens is 2. The second kappa shape index (κ2) is 2.97. The van der Waals surface area contributed by atoms with Crippen LogP contribution in [0, 0.1) is 5.92 Å². The fourth-order valence-corrected chi connectivity index (χ4v) is 2.06. The Labute approximate surface area is 91.4 Å². The minimum atomic E-state index is -0.121. The number of hydrogen-bond acceptors (Lipinski definition) is 1. The van der Waals surface area contributed by atoms with Gasteiger partial charge < -0.3 is 5.73 Å². The first-order valence-corrected chi connectivity index (χ1v) is 5.45. The smallest absolute Gasteiger partial charge is 0.0551 e. The molecule has 2 atom stereocenters. The molecule has 3 heteroatoms. The van der Waals surface area contributed by atoms with E-state index in [-0.39, 0.29) is 5.54 Å². The first kappa shape index (κ1) is 9.50. The lowest BCUT2D eigenvalue weighted by Gasteiger charge is -2.11. The van der Waals surface area contributed by atoms with E-state index in [9.17, 15) is 0 Å². The van der Waals surface area contributed by atoms with Gasteiger partial charge in [-0.15, -0.1) is 0 Å². The molecule has 1 aromatic carbocycles. The average Bonchev–Trinajstić information content (AvgIpc) is 2.67. The van der Waals surface area contributed by atoms with Crippen LogP contribution in [0.3, 0.4) is 0 Å². The lowest BCUT2D eigenvalue weighted by molar-refractivity contribution is 0.665. The van der Waals surface area contributed by atoms with Crippen molar-refractivity contribution in [2.24, 2.45) is 11.7 Å². The summed E-state index contributed by atoms with van der Waals surface area (Å²) < 4.78 is 0.926. The Hall–Kier alpha value is -0.0500. The molecule has 13 heavy (non-hydrogen) atoms. The second-order valence-corrected chi connectivity index (χ2v) is 5.04. The molecule has 0 bridgehead atoms. The van der Waals surface area contributed by atoms with Crippen molar-refractivity contribution >= 4 is 27.5 Å². The van der Waals surface area contributed by atoms with E-state index in [0.717, 1.165) is 21.5 Å². The lowest BCUT2D eigenvalue weighted by Crippen LogP contribution is -2.21. The molecular weight excluding hydrogens is 249 g/mol. The molecule has 0 saturated heterocycles.